The molecule has 4 heteroatoms. The van der Waals surface area contributed by atoms with E-state index in [0.717, 1.165) is 22.4 Å². The summed E-state index contributed by atoms with van der Waals surface area (Å²) in [6.07, 6.45) is 0. The molecule has 20 heavy (non-hydrogen) atoms. The van der Waals surface area contributed by atoms with Gasteiger partial charge in [0, 0.05) is 14.2 Å². The highest BCUT2D eigenvalue weighted by atomic mass is 28.4. The molecule has 2 aromatic carbocycles. The van der Waals surface area contributed by atoms with E-state index < -0.39 is 8.56 Å². The molecule has 0 radical (unpaired) electrons. The van der Waals surface area contributed by atoms with E-state index in [0.29, 0.717) is 0 Å². The zero-order valence-corrected chi connectivity index (χ0v) is 13.0. The lowest BCUT2D eigenvalue weighted by molar-refractivity contribution is 0.259. The average molecular weight is 290 g/mol. The fourth-order valence-corrected chi connectivity index (χ4v) is 4.69. The molecular weight excluding hydrogens is 271 g/mol. The third-order valence-corrected chi connectivity index (χ3v) is 7.07. The Balaban J connectivity index is 2.35. The first kappa shape index (κ1) is 14.9. The standard InChI is InChI=1S/C16H19FO2Si/c1-4-20(18-2,19-3)16-10-8-13(9-11-16)14-6-5-7-15(17)12-14/h5-12H,4H2,1-3H3. The molecule has 0 aliphatic rings. The van der Waals surface area contributed by atoms with Gasteiger partial charge in [-0.25, -0.2) is 4.39 Å². The summed E-state index contributed by atoms with van der Waals surface area (Å²) in [4.78, 5) is 0. The largest absolute Gasteiger partial charge is 0.394 e. The second-order valence-corrected chi connectivity index (χ2v) is 8.21. The van der Waals surface area contributed by atoms with E-state index in [2.05, 4.69) is 6.92 Å². The highest BCUT2D eigenvalue weighted by Crippen LogP contribution is 2.20. The van der Waals surface area contributed by atoms with Gasteiger partial charge in [0.15, 0.2) is 0 Å². The molecule has 0 fully saturated rings. The lowest BCUT2D eigenvalue weighted by Gasteiger charge is -2.26. The highest BCUT2D eigenvalue weighted by molar-refractivity contribution is 6.81. The summed E-state index contributed by atoms with van der Waals surface area (Å²) in [6, 6.07) is 15.4. The Morgan fingerprint density at radius 3 is 2.10 bits per heavy atom. The Kier molecular flexibility index (Phi) is 4.70. The van der Waals surface area contributed by atoms with Crippen LogP contribution in [-0.2, 0) is 8.85 Å². The fraction of sp³-hybridized carbons (Fsp3) is 0.250. The maximum absolute atomic E-state index is 13.3. The van der Waals surface area contributed by atoms with Crippen molar-refractivity contribution >= 4 is 13.7 Å². The second-order valence-electron chi connectivity index (χ2n) is 4.60. The smallest absolute Gasteiger partial charge is 0.371 e. The maximum Gasteiger partial charge on any atom is 0.371 e. The fourth-order valence-electron chi connectivity index (χ4n) is 2.40. The van der Waals surface area contributed by atoms with E-state index in [1.54, 1.807) is 20.3 Å². The van der Waals surface area contributed by atoms with Crippen molar-refractivity contribution in [3.63, 3.8) is 0 Å². The van der Waals surface area contributed by atoms with Crippen molar-refractivity contribution in [2.75, 3.05) is 14.2 Å². The quantitative estimate of drug-likeness (QED) is 0.785. The molecule has 0 aromatic heterocycles. The lowest BCUT2D eigenvalue weighted by Crippen LogP contribution is -2.51. The van der Waals surface area contributed by atoms with Crippen LogP contribution in [0.2, 0.25) is 6.04 Å². The van der Waals surface area contributed by atoms with Crippen molar-refractivity contribution < 1.29 is 13.2 Å². The highest BCUT2D eigenvalue weighted by Gasteiger charge is 2.35. The Labute approximate surface area is 120 Å². The van der Waals surface area contributed by atoms with Gasteiger partial charge in [-0.2, -0.15) is 0 Å². The third-order valence-electron chi connectivity index (χ3n) is 3.61. The molecule has 0 N–H and O–H groups in total. The van der Waals surface area contributed by atoms with Crippen LogP contribution in [0, 0.1) is 5.82 Å². The minimum absolute atomic E-state index is 0.224. The minimum atomic E-state index is -2.30. The molecule has 0 saturated heterocycles. The Bertz CT molecular complexity index is 557. The van der Waals surface area contributed by atoms with E-state index in [1.165, 1.54) is 12.1 Å². The first-order valence-corrected chi connectivity index (χ1v) is 8.64. The Morgan fingerprint density at radius 2 is 1.60 bits per heavy atom. The molecule has 0 spiro atoms. The molecule has 2 aromatic rings. The van der Waals surface area contributed by atoms with Gasteiger partial charge < -0.3 is 8.85 Å². The average Bonchev–Trinajstić information content (AvgIpc) is 2.50. The molecular formula is C16H19FO2Si. The SMILES string of the molecule is CC[Si](OC)(OC)c1ccc(-c2cccc(F)c2)cc1. The van der Waals surface area contributed by atoms with Crippen molar-refractivity contribution in [2.45, 2.75) is 13.0 Å². The van der Waals surface area contributed by atoms with Crippen molar-refractivity contribution in [3.05, 3.63) is 54.3 Å². The van der Waals surface area contributed by atoms with Crippen LogP contribution in [-0.4, -0.2) is 22.8 Å². The van der Waals surface area contributed by atoms with Crippen LogP contribution in [0.25, 0.3) is 11.1 Å². The first-order chi connectivity index (χ1) is 9.65. The summed E-state index contributed by atoms with van der Waals surface area (Å²) in [5.74, 6) is -0.224. The number of hydrogen-bond donors (Lipinski definition) is 0. The van der Waals surface area contributed by atoms with Gasteiger partial charge in [-0.3, -0.25) is 0 Å². The van der Waals surface area contributed by atoms with Crippen LogP contribution in [0.5, 0.6) is 0 Å². The van der Waals surface area contributed by atoms with Crippen LogP contribution in [0.15, 0.2) is 48.5 Å². The van der Waals surface area contributed by atoms with Crippen LogP contribution < -0.4 is 5.19 Å². The summed E-state index contributed by atoms with van der Waals surface area (Å²) in [5, 5.41) is 1.09. The minimum Gasteiger partial charge on any atom is -0.394 e. The molecule has 0 aliphatic heterocycles. The molecule has 0 heterocycles. The predicted octanol–water partition coefficient (Wildman–Crippen LogP) is 3.45. The summed E-state index contributed by atoms with van der Waals surface area (Å²) >= 11 is 0. The topological polar surface area (TPSA) is 18.5 Å². The summed E-state index contributed by atoms with van der Waals surface area (Å²) in [5.41, 5.74) is 1.86. The van der Waals surface area contributed by atoms with Crippen molar-refractivity contribution in [3.8, 4) is 11.1 Å². The van der Waals surface area contributed by atoms with E-state index >= 15 is 0 Å². The van der Waals surface area contributed by atoms with Gasteiger partial charge >= 0.3 is 8.56 Å². The third kappa shape index (κ3) is 2.82. The maximum atomic E-state index is 13.3. The molecule has 0 aliphatic carbocycles. The number of rotatable bonds is 5. The summed E-state index contributed by atoms with van der Waals surface area (Å²) in [7, 11) is 1.09. The van der Waals surface area contributed by atoms with E-state index in [9.17, 15) is 4.39 Å². The van der Waals surface area contributed by atoms with E-state index in [4.69, 9.17) is 8.85 Å². The summed E-state index contributed by atoms with van der Waals surface area (Å²) in [6.45, 7) is 2.07. The molecule has 0 atom stereocenters. The first-order valence-electron chi connectivity index (χ1n) is 6.62. The molecule has 0 bridgehead atoms. The van der Waals surface area contributed by atoms with Crippen molar-refractivity contribution in [1.82, 2.24) is 0 Å². The Morgan fingerprint density at radius 1 is 0.950 bits per heavy atom. The van der Waals surface area contributed by atoms with Gasteiger partial charge in [0.05, 0.1) is 0 Å². The predicted molar refractivity (Wildman–Crippen MR) is 81.7 cm³/mol. The Hall–Kier alpha value is -1.49. The lowest BCUT2D eigenvalue weighted by atomic mass is 10.1. The molecule has 2 nitrogen and oxygen atoms in total. The van der Waals surface area contributed by atoms with Gasteiger partial charge in [0.1, 0.15) is 5.82 Å². The monoisotopic (exact) mass is 290 g/mol. The van der Waals surface area contributed by atoms with Gasteiger partial charge in [-0.05, 0) is 34.5 Å². The number of hydrogen-bond acceptors (Lipinski definition) is 2. The molecule has 0 unspecified atom stereocenters. The zero-order valence-electron chi connectivity index (χ0n) is 12.0. The van der Waals surface area contributed by atoms with Gasteiger partial charge in [-0.15, -0.1) is 0 Å². The van der Waals surface area contributed by atoms with Gasteiger partial charge in [0.25, 0.3) is 0 Å². The van der Waals surface area contributed by atoms with Gasteiger partial charge in [-0.1, -0.05) is 43.3 Å². The molecule has 2 rings (SSSR count). The molecule has 0 saturated carbocycles. The van der Waals surface area contributed by atoms with Crippen LogP contribution in [0.1, 0.15) is 6.92 Å². The number of benzene rings is 2. The molecule has 0 amide bonds. The van der Waals surface area contributed by atoms with E-state index in [1.807, 2.05) is 30.3 Å². The second kappa shape index (κ2) is 6.30. The van der Waals surface area contributed by atoms with Crippen LogP contribution in [0.3, 0.4) is 0 Å². The zero-order chi connectivity index (χ0) is 14.6. The summed E-state index contributed by atoms with van der Waals surface area (Å²) < 4.78 is 24.5. The van der Waals surface area contributed by atoms with Crippen LogP contribution in [0.4, 0.5) is 4.39 Å². The van der Waals surface area contributed by atoms with Crippen molar-refractivity contribution in [2.24, 2.45) is 0 Å². The van der Waals surface area contributed by atoms with Crippen molar-refractivity contribution in [1.29, 1.82) is 0 Å². The number of halogens is 1. The van der Waals surface area contributed by atoms with Gasteiger partial charge in [0.2, 0.25) is 0 Å². The molecule has 106 valence electrons. The normalized spacial score (nSPS) is 11.6. The van der Waals surface area contributed by atoms with E-state index in [-0.39, 0.29) is 5.82 Å². The van der Waals surface area contributed by atoms with Crippen LogP contribution >= 0.6 is 0 Å².